The lowest BCUT2D eigenvalue weighted by atomic mass is 9.57. The van der Waals surface area contributed by atoms with Crippen LogP contribution in [-0.4, -0.2) is 99.0 Å². The number of anilines is 3. The van der Waals surface area contributed by atoms with E-state index >= 15 is 4.39 Å². The summed E-state index contributed by atoms with van der Waals surface area (Å²) >= 11 is 0. The van der Waals surface area contributed by atoms with Crippen molar-refractivity contribution in [2.75, 3.05) is 47.4 Å². The molecule has 17 heteroatoms. The van der Waals surface area contributed by atoms with Gasteiger partial charge in [0.05, 0.1) is 29.9 Å². The zero-order valence-electron chi connectivity index (χ0n) is 39.2. The number of imide groups is 1. The lowest BCUT2D eigenvalue weighted by molar-refractivity contribution is -0.138. The maximum Gasteiger partial charge on any atom is 0.416 e. The topological polar surface area (TPSA) is 127 Å². The minimum absolute atomic E-state index is 0.000563. The summed E-state index contributed by atoms with van der Waals surface area (Å²) in [5, 5.41) is 10.7. The second-order valence-corrected chi connectivity index (χ2v) is 22.0. The number of carbonyl (C=O) groups excluding carboxylic acids is 4. The fourth-order valence-electron chi connectivity index (χ4n) is 14.0. The Morgan fingerprint density at radius 3 is 2.35 bits per heavy atom. The van der Waals surface area contributed by atoms with Gasteiger partial charge < -0.3 is 24.2 Å². The molecule has 2 saturated carbocycles. The Balaban J connectivity index is 0.677. The number of hydrogen-bond acceptors (Lipinski definition) is 9. The summed E-state index contributed by atoms with van der Waals surface area (Å²) in [7, 11) is 1.92. The van der Waals surface area contributed by atoms with Crippen LogP contribution in [-0.2, 0) is 47.7 Å². The predicted molar refractivity (Wildman–Crippen MR) is 248 cm³/mol. The van der Waals surface area contributed by atoms with Crippen molar-refractivity contribution in [3.8, 4) is 0 Å². The number of amides is 4. The van der Waals surface area contributed by atoms with Crippen molar-refractivity contribution in [3.63, 3.8) is 0 Å². The number of piperidine rings is 1. The van der Waals surface area contributed by atoms with Gasteiger partial charge in [-0.15, -0.1) is 10.2 Å². The highest BCUT2D eigenvalue weighted by molar-refractivity contribution is 6.11. The lowest BCUT2D eigenvalue weighted by Crippen LogP contribution is -2.58. The van der Waals surface area contributed by atoms with Crippen molar-refractivity contribution in [1.82, 2.24) is 29.9 Å². The summed E-state index contributed by atoms with van der Waals surface area (Å²) in [6.45, 7) is 7.69. The standard InChI is InChI=1S/C52H57F4N9O4/c1-29-18-51(19-29,20-43-59-57-28-60(43)3)32-5-4-6-33(14-32)64-24-38-37(48(64)68)16-34(17-40(38)52(54,55)56)62-26-50(27-62)11-9-31(10-12-50)21-61-22-36-15-35(61)23-63(36)42-13-30(2)45-39(46(42)53)25-65(49(45)69)41-7-8-44(66)58-47(41)67/h4-6,13-14,16-17,28-29,31,35-36,41H,7-12,15,18-27H2,1-3H3,(H,58,66,67)/t29?,35-,36-,41?,51?/m1/s1. The predicted octanol–water partition coefficient (Wildman–Crippen LogP) is 7.07. The van der Waals surface area contributed by atoms with E-state index in [-0.39, 0.29) is 71.8 Å². The Kier molecular flexibility index (Phi) is 10.2. The van der Waals surface area contributed by atoms with Crippen molar-refractivity contribution in [2.24, 2.45) is 24.3 Å². The molecule has 6 fully saturated rings. The number of fused-ring (bicyclic) bond motifs is 4. The first-order chi connectivity index (χ1) is 33.0. The molecule has 3 aromatic carbocycles. The first kappa shape index (κ1) is 44.4. The Labute approximate surface area is 398 Å². The molecule has 2 aliphatic carbocycles. The van der Waals surface area contributed by atoms with Gasteiger partial charge in [0.1, 0.15) is 18.2 Å². The average molecular weight is 948 g/mol. The number of alkyl halides is 3. The van der Waals surface area contributed by atoms with E-state index in [1.54, 1.807) is 18.5 Å². The van der Waals surface area contributed by atoms with Gasteiger partial charge in [0.15, 0.2) is 5.82 Å². The molecule has 4 amide bonds. The highest BCUT2D eigenvalue weighted by Crippen LogP contribution is 2.52. The number of nitrogens with zero attached hydrogens (tertiary/aromatic N) is 8. The largest absolute Gasteiger partial charge is 0.416 e. The summed E-state index contributed by atoms with van der Waals surface area (Å²) in [5.41, 5.74) is 3.20. The van der Waals surface area contributed by atoms with Gasteiger partial charge in [-0.3, -0.25) is 29.4 Å². The van der Waals surface area contributed by atoms with Crippen LogP contribution in [0.2, 0.25) is 0 Å². The van der Waals surface area contributed by atoms with Crippen LogP contribution in [0.1, 0.15) is 119 Å². The molecular formula is C52H57F4N9O4. The van der Waals surface area contributed by atoms with Crippen LogP contribution < -0.4 is 20.0 Å². The number of hydrogen-bond donors (Lipinski definition) is 1. The van der Waals surface area contributed by atoms with Gasteiger partial charge in [-0.25, -0.2) is 4.39 Å². The molecule has 2 bridgehead atoms. The fraction of sp³-hybridized carbons (Fsp3) is 0.538. The molecule has 0 radical (unpaired) electrons. The molecule has 1 aromatic heterocycles. The van der Waals surface area contributed by atoms with Gasteiger partial charge in [-0.05, 0) is 117 Å². The molecule has 1 N–H and O–H groups in total. The molecular weight excluding hydrogens is 891 g/mol. The SMILES string of the molecule is Cc1cc(N2C[C@H]3C[C@@H]2CN3CC2CCC3(CC2)CN(c2cc4c(c(C(F)(F)F)c2)CN(c2cccc(C5(Cc6nncn6C)CC(C)C5)c2)C4=O)C3)c(F)c2c1C(=O)N(C1CCC(=O)NC1=O)C2. The minimum atomic E-state index is -4.62. The molecule has 13 nitrogen and oxygen atoms in total. The Hall–Kier alpha value is -5.84. The maximum atomic E-state index is 16.4. The van der Waals surface area contributed by atoms with E-state index in [0.717, 1.165) is 69.4 Å². The zero-order valence-corrected chi connectivity index (χ0v) is 39.2. The number of nitrogens with one attached hydrogen (secondary N) is 1. The highest BCUT2D eigenvalue weighted by Gasteiger charge is 2.51. The normalized spacial score (nSPS) is 27.6. The van der Waals surface area contributed by atoms with E-state index in [1.165, 1.54) is 15.9 Å². The first-order valence-electron chi connectivity index (χ1n) is 24.7. The van der Waals surface area contributed by atoms with Crippen LogP contribution in [0.5, 0.6) is 0 Å². The van der Waals surface area contributed by atoms with E-state index in [9.17, 15) is 32.3 Å². The number of halogens is 4. The number of benzene rings is 3. The van der Waals surface area contributed by atoms with Crippen molar-refractivity contribution < 1.29 is 36.7 Å². The van der Waals surface area contributed by atoms with Crippen LogP contribution in [0, 0.1) is 30.0 Å². The third kappa shape index (κ3) is 7.25. The van der Waals surface area contributed by atoms with Gasteiger partial charge in [-0.2, -0.15) is 13.2 Å². The monoisotopic (exact) mass is 947 g/mol. The van der Waals surface area contributed by atoms with Crippen LogP contribution in [0.4, 0.5) is 34.6 Å². The van der Waals surface area contributed by atoms with Crippen molar-refractivity contribution in [2.45, 2.75) is 121 Å². The van der Waals surface area contributed by atoms with Crippen LogP contribution in [0.25, 0.3) is 0 Å². The molecule has 69 heavy (non-hydrogen) atoms. The fourth-order valence-corrected chi connectivity index (χ4v) is 14.0. The summed E-state index contributed by atoms with van der Waals surface area (Å²) in [6.07, 6.45) is 4.98. The molecule has 362 valence electrons. The van der Waals surface area contributed by atoms with E-state index in [0.29, 0.717) is 71.6 Å². The molecule has 4 aromatic rings. The Morgan fingerprint density at radius 2 is 1.67 bits per heavy atom. The zero-order chi connectivity index (χ0) is 47.9. The molecule has 8 aliphatic rings. The summed E-state index contributed by atoms with van der Waals surface area (Å²) in [4.78, 5) is 61.7. The number of rotatable bonds is 9. The third-order valence-electron chi connectivity index (χ3n) is 17.6. The van der Waals surface area contributed by atoms with E-state index in [1.807, 2.05) is 41.6 Å². The number of carbonyl (C=O) groups is 4. The van der Waals surface area contributed by atoms with Gasteiger partial charge in [-0.1, -0.05) is 19.1 Å². The number of likely N-dealkylation sites (tertiary alicyclic amines) is 1. The van der Waals surface area contributed by atoms with Crippen molar-refractivity contribution >= 4 is 40.7 Å². The van der Waals surface area contributed by atoms with Crippen LogP contribution in [0.3, 0.4) is 0 Å². The average Bonchev–Trinajstić information content (AvgIpc) is 4.13. The van der Waals surface area contributed by atoms with Crippen LogP contribution in [0.15, 0.2) is 48.8 Å². The van der Waals surface area contributed by atoms with Gasteiger partial charge >= 0.3 is 6.18 Å². The Morgan fingerprint density at radius 1 is 0.884 bits per heavy atom. The molecule has 7 heterocycles. The van der Waals surface area contributed by atoms with E-state index < -0.39 is 35.4 Å². The van der Waals surface area contributed by atoms with Crippen molar-refractivity contribution in [3.05, 3.63) is 99.4 Å². The first-order valence-corrected chi connectivity index (χ1v) is 24.7. The molecule has 6 aliphatic heterocycles. The van der Waals surface area contributed by atoms with Crippen LogP contribution >= 0.6 is 0 Å². The summed E-state index contributed by atoms with van der Waals surface area (Å²) < 4.78 is 63.0. The molecule has 1 spiro atoms. The molecule has 12 rings (SSSR count). The second-order valence-electron chi connectivity index (χ2n) is 22.0. The lowest BCUT2D eigenvalue weighted by Gasteiger charge is -2.55. The molecule has 1 unspecified atom stereocenters. The third-order valence-corrected chi connectivity index (χ3v) is 17.6. The molecule has 3 atom stereocenters. The maximum absolute atomic E-state index is 16.4. The Bertz CT molecular complexity index is 2820. The van der Waals surface area contributed by atoms with Crippen molar-refractivity contribution in [1.29, 1.82) is 0 Å². The number of piperazine rings is 1. The van der Waals surface area contributed by atoms with Gasteiger partial charge in [0.2, 0.25) is 11.8 Å². The smallest absolute Gasteiger partial charge is 0.370 e. The van der Waals surface area contributed by atoms with Gasteiger partial charge in [0.25, 0.3) is 11.8 Å². The minimum Gasteiger partial charge on any atom is -0.370 e. The second kappa shape index (κ2) is 15.8. The molecule has 4 saturated heterocycles. The number of aromatic nitrogens is 3. The quantitative estimate of drug-likeness (QED) is 0.139. The summed E-state index contributed by atoms with van der Waals surface area (Å²) in [6, 6.07) is 12.1. The summed E-state index contributed by atoms with van der Waals surface area (Å²) in [5.74, 6) is -0.183. The van der Waals surface area contributed by atoms with E-state index in [4.69, 9.17) is 0 Å². The highest BCUT2D eigenvalue weighted by atomic mass is 19.4. The van der Waals surface area contributed by atoms with Gasteiger partial charge in [0, 0.05) is 98.0 Å². The number of aryl methyl sites for hydroxylation is 2. The van der Waals surface area contributed by atoms with E-state index in [2.05, 4.69) is 38.3 Å².